The summed E-state index contributed by atoms with van der Waals surface area (Å²) in [5, 5.41) is 2.33. The highest BCUT2D eigenvalue weighted by atomic mass is 35.5. The van der Waals surface area contributed by atoms with Crippen LogP contribution in [0.3, 0.4) is 0 Å². The molecular weight excluding hydrogens is 284 g/mol. The first kappa shape index (κ1) is 13.6. The molecule has 19 heavy (non-hydrogen) atoms. The first-order valence-corrected chi connectivity index (χ1v) is 6.78. The van der Waals surface area contributed by atoms with Crippen LogP contribution >= 0.6 is 22.9 Å². The number of benzene rings is 1. The minimum Gasteiger partial charge on any atom is -0.399 e. The third-order valence-electron chi connectivity index (χ3n) is 2.62. The van der Waals surface area contributed by atoms with Crippen LogP contribution in [-0.4, -0.2) is 17.9 Å². The molecule has 0 radical (unpaired) electrons. The van der Waals surface area contributed by atoms with Crippen LogP contribution < -0.4 is 16.4 Å². The van der Waals surface area contributed by atoms with Crippen LogP contribution in [0.1, 0.15) is 16.1 Å². The summed E-state index contributed by atoms with van der Waals surface area (Å²) in [5.41, 5.74) is 15.0. The largest absolute Gasteiger partial charge is 0.399 e. The van der Waals surface area contributed by atoms with E-state index in [1.54, 1.807) is 11.6 Å². The van der Waals surface area contributed by atoms with Crippen molar-refractivity contribution in [1.82, 2.24) is 4.98 Å². The fourth-order valence-corrected chi connectivity index (χ4v) is 2.76. The van der Waals surface area contributed by atoms with E-state index >= 15 is 0 Å². The van der Waals surface area contributed by atoms with E-state index in [2.05, 4.69) is 4.98 Å². The van der Waals surface area contributed by atoms with E-state index in [1.165, 1.54) is 17.4 Å². The van der Waals surface area contributed by atoms with Crippen molar-refractivity contribution in [3.63, 3.8) is 0 Å². The number of aromatic nitrogens is 1. The molecule has 0 bridgehead atoms. The second-order valence-electron chi connectivity index (χ2n) is 4.10. The van der Waals surface area contributed by atoms with Gasteiger partial charge in [-0.15, -0.1) is 11.3 Å². The molecule has 0 aliphatic carbocycles. The smallest absolute Gasteiger partial charge is 0.250 e. The Labute approximate surface area is 119 Å². The zero-order valence-corrected chi connectivity index (χ0v) is 11.8. The van der Waals surface area contributed by atoms with E-state index in [9.17, 15) is 4.79 Å². The number of thiazole rings is 1. The second kappa shape index (κ2) is 5.46. The number of rotatable bonds is 4. The summed E-state index contributed by atoms with van der Waals surface area (Å²) in [7, 11) is 1.82. The fraction of sp³-hybridized carbons (Fsp3) is 0.167. The molecule has 1 aromatic carbocycles. The maximum absolute atomic E-state index is 11.5. The molecule has 2 aromatic rings. The van der Waals surface area contributed by atoms with Crippen molar-refractivity contribution < 1.29 is 4.79 Å². The molecular formula is C12H13ClN4OS. The molecule has 0 fully saturated rings. The summed E-state index contributed by atoms with van der Waals surface area (Å²) < 4.78 is 0. The Kier molecular flexibility index (Phi) is 3.92. The van der Waals surface area contributed by atoms with Gasteiger partial charge in [-0.2, -0.15) is 0 Å². The molecule has 100 valence electrons. The maximum atomic E-state index is 11.5. The minimum absolute atomic E-state index is 0.308. The Bertz CT molecular complexity index is 600. The third-order valence-corrected chi connectivity index (χ3v) is 3.54. The fourth-order valence-electron chi connectivity index (χ4n) is 1.83. The van der Waals surface area contributed by atoms with Crippen LogP contribution in [0.4, 0.5) is 11.4 Å². The lowest BCUT2D eigenvalue weighted by atomic mass is 10.1. The number of halogens is 1. The summed E-state index contributed by atoms with van der Waals surface area (Å²) in [4.78, 5) is 17.5. The van der Waals surface area contributed by atoms with Crippen molar-refractivity contribution in [1.29, 1.82) is 0 Å². The van der Waals surface area contributed by atoms with Gasteiger partial charge < -0.3 is 16.4 Å². The summed E-state index contributed by atoms with van der Waals surface area (Å²) in [6.45, 7) is 0.535. The van der Waals surface area contributed by atoms with Crippen molar-refractivity contribution >= 4 is 40.2 Å². The van der Waals surface area contributed by atoms with Gasteiger partial charge in [0.1, 0.15) is 0 Å². The zero-order chi connectivity index (χ0) is 14.0. The molecule has 7 heteroatoms. The van der Waals surface area contributed by atoms with Crippen LogP contribution in [0, 0.1) is 0 Å². The molecule has 5 nitrogen and oxygen atoms in total. The zero-order valence-electron chi connectivity index (χ0n) is 10.3. The van der Waals surface area contributed by atoms with Gasteiger partial charge in [-0.05, 0) is 12.1 Å². The highest BCUT2D eigenvalue weighted by Gasteiger charge is 2.17. The van der Waals surface area contributed by atoms with Gasteiger partial charge in [-0.25, -0.2) is 4.98 Å². The Morgan fingerprint density at radius 1 is 1.53 bits per heavy atom. The SMILES string of the molecule is CN(Cc1cscn1)c1c(Cl)cc(N)cc1C(N)=O. The molecule has 0 saturated carbocycles. The summed E-state index contributed by atoms with van der Waals surface area (Å²) in [6.07, 6.45) is 0. The number of nitrogens with two attached hydrogens (primary N) is 2. The highest BCUT2D eigenvalue weighted by Crippen LogP contribution is 2.32. The van der Waals surface area contributed by atoms with Gasteiger partial charge in [0.05, 0.1) is 34.0 Å². The normalized spacial score (nSPS) is 10.4. The van der Waals surface area contributed by atoms with Crippen LogP contribution in [0.2, 0.25) is 5.02 Å². The number of amides is 1. The molecule has 0 aliphatic heterocycles. The Balaban J connectivity index is 2.40. The third kappa shape index (κ3) is 2.97. The number of anilines is 2. The predicted molar refractivity (Wildman–Crippen MR) is 78.6 cm³/mol. The second-order valence-corrected chi connectivity index (χ2v) is 5.22. The van der Waals surface area contributed by atoms with Gasteiger partial charge in [0, 0.05) is 18.1 Å². The lowest BCUT2D eigenvalue weighted by Gasteiger charge is -2.22. The highest BCUT2D eigenvalue weighted by molar-refractivity contribution is 7.07. The molecule has 2 rings (SSSR count). The Morgan fingerprint density at radius 3 is 2.84 bits per heavy atom. The van der Waals surface area contributed by atoms with Crippen LogP contribution in [-0.2, 0) is 6.54 Å². The van der Waals surface area contributed by atoms with Crippen molar-refractivity contribution in [3.05, 3.63) is 39.3 Å². The van der Waals surface area contributed by atoms with Crippen molar-refractivity contribution in [3.8, 4) is 0 Å². The van der Waals surface area contributed by atoms with E-state index in [-0.39, 0.29) is 0 Å². The van der Waals surface area contributed by atoms with Crippen LogP contribution in [0.25, 0.3) is 0 Å². The van der Waals surface area contributed by atoms with E-state index in [4.69, 9.17) is 23.1 Å². The molecule has 0 atom stereocenters. The number of carbonyl (C=O) groups excluding carboxylic acids is 1. The number of hydrogen-bond acceptors (Lipinski definition) is 5. The minimum atomic E-state index is -0.561. The van der Waals surface area contributed by atoms with Crippen molar-refractivity contribution in [2.45, 2.75) is 6.54 Å². The molecule has 0 unspecified atom stereocenters. The van der Waals surface area contributed by atoms with E-state index in [0.29, 0.717) is 28.5 Å². The summed E-state index contributed by atoms with van der Waals surface area (Å²) in [6, 6.07) is 3.13. The van der Waals surface area contributed by atoms with Gasteiger partial charge in [0.2, 0.25) is 0 Å². The first-order chi connectivity index (χ1) is 8.99. The van der Waals surface area contributed by atoms with Crippen LogP contribution in [0.15, 0.2) is 23.0 Å². The number of carbonyl (C=O) groups is 1. The molecule has 0 aliphatic rings. The summed E-state index contributed by atoms with van der Waals surface area (Å²) >= 11 is 7.68. The lowest BCUT2D eigenvalue weighted by Crippen LogP contribution is -2.22. The average Bonchev–Trinajstić information content (AvgIpc) is 2.80. The predicted octanol–water partition coefficient (Wildman–Crippen LogP) is 2.11. The molecule has 1 heterocycles. The topological polar surface area (TPSA) is 85.2 Å². The first-order valence-electron chi connectivity index (χ1n) is 5.46. The molecule has 1 aromatic heterocycles. The lowest BCUT2D eigenvalue weighted by molar-refractivity contribution is 0.100. The number of nitrogen functional groups attached to an aromatic ring is 1. The summed E-state index contributed by atoms with van der Waals surface area (Å²) in [5.74, 6) is -0.561. The molecule has 0 saturated heterocycles. The Morgan fingerprint density at radius 2 is 2.26 bits per heavy atom. The quantitative estimate of drug-likeness (QED) is 0.846. The van der Waals surface area contributed by atoms with Gasteiger partial charge in [0.15, 0.2) is 0 Å². The van der Waals surface area contributed by atoms with E-state index < -0.39 is 5.91 Å². The molecule has 0 spiro atoms. The average molecular weight is 297 g/mol. The van der Waals surface area contributed by atoms with E-state index in [1.807, 2.05) is 17.3 Å². The Hall–Kier alpha value is -1.79. The molecule has 1 amide bonds. The van der Waals surface area contributed by atoms with Crippen LogP contribution in [0.5, 0.6) is 0 Å². The van der Waals surface area contributed by atoms with Crippen molar-refractivity contribution in [2.75, 3.05) is 17.7 Å². The maximum Gasteiger partial charge on any atom is 0.250 e. The molecule has 4 N–H and O–H groups in total. The van der Waals surface area contributed by atoms with Crippen molar-refractivity contribution in [2.24, 2.45) is 5.73 Å². The van der Waals surface area contributed by atoms with Gasteiger partial charge in [-0.1, -0.05) is 11.6 Å². The van der Waals surface area contributed by atoms with Gasteiger partial charge in [-0.3, -0.25) is 4.79 Å². The van der Waals surface area contributed by atoms with E-state index in [0.717, 1.165) is 5.69 Å². The number of hydrogen-bond donors (Lipinski definition) is 2. The number of nitrogens with zero attached hydrogens (tertiary/aromatic N) is 2. The standard InChI is InChI=1S/C12H13ClN4OS/c1-17(4-8-5-19-6-16-8)11-9(12(15)18)2-7(14)3-10(11)13/h2-3,5-6H,4,14H2,1H3,(H2,15,18). The van der Waals surface area contributed by atoms with Gasteiger partial charge >= 0.3 is 0 Å². The monoisotopic (exact) mass is 296 g/mol. The van der Waals surface area contributed by atoms with Gasteiger partial charge in [0.25, 0.3) is 5.91 Å². The number of primary amides is 1.